The van der Waals surface area contributed by atoms with Crippen LogP contribution in [-0.4, -0.2) is 24.3 Å². The molecular weight excluding hydrogens is 255 g/mol. The molecule has 0 radical (unpaired) electrons. The van der Waals surface area contributed by atoms with Gasteiger partial charge in [0.25, 0.3) is 0 Å². The zero-order chi connectivity index (χ0) is 14.7. The van der Waals surface area contributed by atoms with Crippen molar-refractivity contribution in [3.63, 3.8) is 0 Å². The Morgan fingerprint density at radius 2 is 2.25 bits per heavy atom. The quantitative estimate of drug-likeness (QED) is 0.872. The summed E-state index contributed by atoms with van der Waals surface area (Å²) in [7, 11) is 0. The highest BCUT2D eigenvalue weighted by Gasteiger charge is 2.27. The summed E-state index contributed by atoms with van der Waals surface area (Å²) in [5, 5.41) is 9.02. The molecule has 0 amide bonds. The molecule has 112 valence electrons. The monoisotopic (exact) mass is 280 g/mol. The maximum Gasteiger partial charge on any atom is 0.126 e. The summed E-state index contributed by atoms with van der Waals surface area (Å²) in [5.74, 6) is -0.188. The Hall–Kier alpha value is -1.13. The van der Waals surface area contributed by atoms with E-state index in [1.807, 2.05) is 13.0 Å². The molecule has 3 N–H and O–H groups in total. The molecule has 0 spiro atoms. The third-order valence-electron chi connectivity index (χ3n) is 4.18. The van der Waals surface area contributed by atoms with Gasteiger partial charge in [0.05, 0.1) is 0 Å². The van der Waals surface area contributed by atoms with Crippen LogP contribution in [0.25, 0.3) is 0 Å². The zero-order valence-corrected chi connectivity index (χ0v) is 12.4. The second-order valence-corrected chi connectivity index (χ2v) is 5.80. The summed E-state index contributed by atoms with van der Waals surface area (Å²) >= 11 is 0. The maximum atomic E-state index is 13.8. The summed E-state index contributed by atoms with van der Waals surface area (Å²) in [6, 6.07) is 3.76. The lowest BCUT2D eigenvalue weighted by molar-refractivity contribution is 0.279. The zero-order valence-electron chi connectivity index (χ0n) is 12.4. The van der Waals surface area contributed by atoms with Crippen LogP contribution in [0.15, 0.2) is 12.1 Å². The fourth-order valence-electron chi connectivity index (χ4n) is 3.08. The van der Waals surface area contributed by atoms with E-state index in [1.54, 1.807) is 13.0 Å². The van der Waals surface area contributed by atoms with Gasteiger partial charge >= 0.3 is 0 Å². The molecule has 2 rings (SSSR count). The highest BCUT2D eigenvalue weighted by atomic mass is 19.1. The van der Waals surface area contributed by atoms with Crippen molar-refractivity contribution in [1.82, 2.24) is 0 Å². The molecule has 1 saturated heterocycles. The number of hydrogen-bond donors (Lipinski definition) is 2. The molecule has 1 heterocycles. The summed E-state index contributed by atoms with van der Waals surface area (Å²) in [5.41, 5.74) is 8.62. The minimum absolute atomic E-state index is 0.181. The minimum Gasteiger partial charge on any atom is -0.396 e. The first-order valence-electron chi connectivity index (χ1n) is 7.47. The van der Waals surface area contributed by atoms with Gasteiger partial charge in [-0.2, -0.15) is 0 Å². The number of aliphatic hydroxyl groups is 1. The van der Waals surface area contributed by atoms with Gasteiger partial charge in [-0.1, -0.05) is 0 Å². The summed E-state index contributed by atoms with van der Waals surface area (Å²) in [6.07, 6.45) is 4.07. The molecule has 3 nitrogen and oxygen atoms in total. The van der Waals surface area contributed by atoms with E-state index in [2.05, 4.69) is 4.90 Å². The van der Waals surface area contributed by atoms with Crippen LogP contribution < -0.4 is 10.6 Å². The van der Waals surface area contributed by atoms with Crippen LogP contribution in [0.4, 0.5) is 10.1 Å². The summed E-state index contributed by atoms with van der Waals surface area (Å²) in [4.78, 5) is 2.35. The Bertz CT molecular complexity index is 462. The first-order chi connectivity index (χ1) is 9.54. The molecule has 1 unspecified atom stereocenters. The molecule has 0 aliphatic carbocycles. The van der Waals surface area contributed by atoms with Crippen molar-refractivity contribution in [2.45, 2.75) is 51.6 Å². The number of anilines is 1. The molecule has 2 atom stereocenters. The highest BCUT2D eigenvalue weighted by Crippen LogP contribution is 2.34. The van der Waals surface area contributed by atoms with E-state index in [-0.39, 0.29) is 18.5 Å². The van der Waals surface area contributed by atoms with Gasteiger partial charge in [0.15, 0.2) is 0 Å². The van der Waals surface area contributed by atoms with Crippen LogP contribution in [0.1, 0.15) is 49.8 Å². The third kappa shape index (κ3) is 3.13. The molecule has 0 bridgehead atoms. The number of aryl methyl sites for hydroxylation is 1. The van der Waals surface area contributed by atoms with Gasteiger partial charge in [-0.05, 0) is 62.8 Å². The SMILES string of the molecule is Cc1cc(N2CCCC2CCCO)c([C@H](C)N)cc1F. The normalized spacial score (nSPS) is 20.4. The predicted octanol–water partition coefficient (Wildman–Crippen LogP) is 2.90. The van der Waals surface area contributed by atoms with Crippen LogP contribution in [0, 0.1) is 12.7 Å². The third-order valence-corrected chi connectivity index (χ3v) is 4.18. The summed E-state index contributed by atoms with van der Waals surface area (Å²) in [6.45, 7) is 4.91. The maximum absolute atomic E-state index is 13.8. The molecule has 0 saturated carbocycles. The average molecular weight is 280 g/mol. The van der Waals surface area contributed by atoms with E-state index in [9.17, 15) is 4.39 Å². The second kappa shape index (κ2) is 6.55. The number of halogens is 1. The van der Waals surface area contributed by atoms with E-state index < -0.39 is 0 Å². The number of benzene rings is 1. The Morgan fingerprint density at radius 1 is 1.50 bits per heavy atom. The van der Waals surface area contributed by atoms with Gasteiger partial charge in [0.2, 0.25) is 0 Å². The predicted molar refractivity (Wildman–Crippen MR) is 80.4 cm³/mol. The number of aliphatic hydroxyl groups excluding tert-OH is 1. The van der Waals surface area contributed by atoms with Crippen LogP contribution in [0.2, 0.25) is 0 Å². The van der Waals surface area contributed by atoms with Gasteiger partial charge in [-0.3, -0.25) is 0 Å². The Balaban J connectivity index is 2.32. The lowest BCUT2D eigenvalue weighted by atomic mass is 10.0. The Morgan fingerprint density at radius 3 is 2.90 bits per heavy atom. The standard InChI is InChI=1S/C16H25FN2O/c1-11-9-16(14(12(2)18)10-15(11)17)19-7-3-5-13(19)6-4-8-20/h9-10,12-13,20H,3-8,18H2,1-2H3/t12-,13?/m0/s1. The van der Waals surface area contributed by atoms with Crippen LogP contribution >= 0.6 is 0 Å². The van der Waals surface area contributed by atoms with Gasteiger partial charge < -0.3 is 15.7 Å². The fraction of sp³-hybridized carbons (Fsp3) is 0.625. The molecule has 1 aliphatic heterocycles. The molecule has 1 aliphatic rings. The number of rotatable bonds is 5. The van der Waals surface area contributed by atoms with Crippen molar-refractivity contribution >= 4 is 5.69 Å². The van der Waals surface area contributed by atoms with Crippen molar-refractivity contribution < 1.29 is 9.50 Å². The lowest BCUT2D eigenvalue weighted by Gasteiger charge is -2.30. The molecule has 0 aromatic heterocycles. The van der Waals surface area contributed by atoms with Gasteiger partial charge in [0, 0.05) is 30.9 Å². The van der Waals surface area contributed by atoms with E-state index in [1.165, 1.54) is 0 Å². The molecule has 1 aromatic rings. The Kier molecular flexibility index (Phi) is 5.00. The number of hydrogen-bond acceptors (Lipinski definition) is 3. The van der Waals surface area contributed by atoms with E-state index >= 15 is 0 Å². The minimum atomic E-state index is -0.188. The Labute approximate surface area is 120 Å². The van der Waals surface area contributed by atoms with Crippen molar-refractivity contribution in [3.05, 3.63) is 29.1 Å². The largest absolute Gasteiger partial charge is 0.396 e. The molecule has 1 fully saturated rings. The van der Waals surface area contributed by atoms with Gasteiger partial charge in [0.1, 0.15) is 5.82 Å². The van der Waals surface area contributed by atoms with Gasteiger partial charge in [-0.15, -0.1) is 0 Å². The first-order valence-corrected chi connectivity index (χ1v) is 7.47. The van der Waals surface area contributed by atoms with E-state index in [4.69, 9.17) is 10.8 Å². The van der Waals surface area contributed by atoms with Crippen molar-refractivity contribution in [1.29, 1.82) is 0 Å². The average Bonchev–Trinajstić information content (AvgIpc) is 2.87. The smallest absolute Gasteiger partial charge is 0.126 e. The molecule has 4 heteroatoms. The number of nitrogens with zero attached hydrogens (tertiary/aromatic N) is 1. The highest BCUT2D eigenvalue weighted by molar-refractivity contribution is 5.58. The van der Waals surface area contributed by atoms with E-state index in [0.29, 0.717) is 11.6 Å². The van der Waals surface area contributed by atoms with Crippen LogP contribution in [0.5, 0.6) is 0 Å². The molecule has 20 heavy (non-hydrogen) atoms. The van der Waals surface area contributed by atoms with Crippen LogP contribution in [0.3, 0.4) is 0 Å². The van der Waals surface area contributed by atoms with Crippen molar-refractivity contribution in [2.24, 2.45) is 5.73 Å². The topological polar surface area (TPSA) is 49.5 Å². The van der Waals surface area contributed by atoms with Crippen molar-refractivity contribution in [3.8, 4) is 0 Å². The molecule has 1 aromatic carbocycles. The van der Waals surface area contributed by atoms with Crippen molar-refractivity contribution in [2.75, 3.05) is 18.1 Å². The second-order valence-electron chi connectivity index (χ2n) is 5.80. The number of nitrogens with two attached hydrogens (primary N) is 1. The lowest BCUT2D eigenvalue weighted by Crippen LogP contribution is -2.31. The summed E-state index contributed by atoms with van der Waals surface area (Å²) < 4.78 is 13.8. The molecular formula is C16H25FN2O. The fourth-order valence-corrected chi connectivity index (χ4v) is 3.08. The van der Waals surface area contributed by atoms with Crippen LogP contribution in [-0.2, 0) is 0 Å². The van der Waals surface area contributed by atoms with E-state index in [0.717, 1.165) is 43.5 Å². The first kappa shape index (κ1) is 15.3. The van der Waals surface area contributed by atoms with Gasteiger partial charge in [-0.25, -0.2) is 4.39 Å².